The van der Waals surface area contributed by atoms with Gasteiger partial charge in [-0.25, -0.2) is 9.59 Å². The van der Waals surface area contributed by atoms with Gasteiger partial charge in [-0.2, -0.15) is 0 Å². The van der Waals surface area contributed by atoms with Crippen LogP contribution in [0.1, 0.15) is 56.5 Å². The quantitative estimate of drug-likeness (QED) is 0.105. The summed E-state index contributed by atoms with van der Waals surface area (Å²) in [5.41, 5.74) is 11.2. The maximum atomic E-state index is 11.7. The number of likely N-dealkylation sites (tertiary alicyclic amines) is 2. The van der Waals surface area contributed by atoms with Crippen molar-refractivity contribution in [3.05, 3.63) is 46.5 Å². The van der Waals surface area contributed by atoms with E-state index in [9.17, 15) is 49.5 Å². The summed E-state index contributed by atoms with van der Waals surface area (Å²) in [6, 6.07) is 6.58. The maximum Gasteiger partial charge on any atom is 1.00 e. The van der Waals surface area contributed by atoms with Crippen LogP contribution in [-0.2, 0) is 9.59 Å². The number of hydrogen-bond donors (Lipinski definition) is 8. The molecule has 2 aromatic carbocycles. The van der Waals surface area contributed by atoms with E-state index in [1.54, 1.807) is 34.1 Å². The standard InChI is InChI=1S/2C15H18BN2O7.2Na/c2*17-12(19)6-18-4-7(5-18)24-11-2-1-8-9-3-10(9)16(22,23)25-14(8)13(11)15(20)21;;/h2*1-2,7,9-10,22-23H,3-6H2,(H2,17,19)(H,20,21);;/q2*-1;2*+1/t2*9-,10-;;/m11../s1. The molecule has 0 unspecified atom stereocenters. The summed E-state index contributed by atoms with van der Waals surface area (Å²) >= 11 is 0. The summed E-state index contributed by atoms with van der Waals surface area (Å²) in [6.07, 6.45) is 0.575. The van der Waals surface area contributed by atoms with Crippen molar-refractivity contribution >= 4 is 37.3 Å². The van der Waals surface area contributed by atoms with Crippen LogP contribution in [0.25, 0.3) is 0 Å². The minimum atomic E-state index is -3.06. The van der Waals surface area contributed by atoms with Gasteiger partial charge in [0.15, 0.2) is 0 Å². The van der Waals surface area contributed by atoms with Gasteiger partial charge in [-0.3, -0.25) is 19.4 Å². The van der Waals surface area contributed by atoms with Gasteiger partial charge in [-0.1, -0.05) is 36.6 Å². The summed E-state index contributed by atoms with van der Waals surface area (Å²) in [7, 11) is 0. The Bertz CT molecular complexity index is 1660. The number of nitrogens with two attached hydrogens (primary N) is 2. The van der Waals surface area contributed by atoms with Crippen LogP contribution in [0.5, 0.6) is 23.0 Å². The summed E-state index contributed by atoms with van der Waals surface area (Å²) in [5, 5.41) is 59.1. The van der Waals surface area contributed by atoms with Gasteiger partial charge in [0.25, 0.3) is 0 Å². The van der Waals surface area contributed by atoms with Gasteiger partial charge in [0.1, 0.15) is 34.8 Å². The van der Waals surface area contributed by atoms with E-state index in [1.165, 1.54) is 0 Å². The zero-order chi connectivity index (χ0) is 35.9. The first-order chi connectivity index (χ1) is 23.5. The zero-order valence-corrected chi connectivity index (χ0v) is 32.6. The van der Waals surface area contributed by atoms with Gasteiger partial charge in [-0.15, -0.1) is 0 Å². The predicted octanol–water partition coefficient (Wildman–Crippen LogP) is -7.78. The van der Waals surface area contributed by atoms with E-state index >= 15 is 0 Å². The third kappa shape index (κ3) is 7.94. The second-order valence-corrected chi connectivity index (χ2v) is 13.9. The van der Waals surface area contributed by atoms with E-state index in [2.05, 4.69) is 0 Å². The first-order valence-corrected chi connectivity index (χ1v) is 16.2. The van der Waals surface area contributed by atoms with Crippen LogP contribution in [-0.4, -0.2) is 129 Å². The molecule has 2 aliphatic carbocycles. The molecule has 10 N–H and O–H groups in total. The average molecular weight is 744 g/mol. The van der Waals surface area contributed by atoms with Crippen molar-refractivity contribution in [1.29, 1.82) is 0 Å². The Morgan fingerprint density at radius 3 is 1.33 bits per heavy atom. The van der Waals surface area contributed by atoms with Crippen molar-refractivity contribution < 1.29 is 127 Å². The van der Waals surface area contributed by atoms with E-state index in [4.69, 9.17) is 30.2 Å². The number of nitrogens with zero attached hydrogens (tertiary/aromatic N) is 2. The van der Waals surface area contributed by atoms with Crippen LogP contribution in [0.3, 0.4) is 0 Å². The van der Waals surface area contributed by atoms with Crippen molar-refractivity contribution in [2.45, 2.75) is 48.5 Å². The van der Waals surface area contributed by atoms with Gasteiger partial charge in [0, 0.05) is 26.2 Å². The summed E-state index contributed by atoms with van der Waals surface area (Å²) in [4.78, 5) is 48.8. The number of amides is 2. The fraction of sp³-hybridized carbons (Fsp3) is 0.467. The third-order valence-electron chi connectivity index (χ3n) is 10.1. The number of fused-ring (bicyclic) bond motifs is 6. The average Bonchev–Trinajstić information content (AvgIpc) is 3.88. The summed E-state index contributed by atoms with van der Waals surface area (Å²) < 4.78 is 22.0. The first-order valence-electron chi connectivity index (χ1n) is 16.2. The van der Waals surface area contributed by atoms with E-state index in [0.29, 0.717) is 50.1 Å². The van der Waals surface area contributed by atoms with Gasteiger partial charge in [0.05, 0.1) is 24.6 Å². The number of rotatable bonds is 10. The van der Waals surface area contributed by atoms with Gasteiger partial charge >= 0.3 is 84.6 Å². The van der Waals surface area contributed by atoms with Crippen molar-refractivity contribution in [3.8, 4) is 23.0 Å². The minimum Gasteiger partial charge on any atom is -0.669 e. The zero-order valence-electron chi connectivity index (χ0n) is 28.6. The number of carboxylic acids is 2. The molecule has 0 radical (unpaired) electrons. The molecule has 2 saturated carbocycles. The van der Waals surface area contributed by atoms with E-state index in [-0.39, 0.29) is 142 Å². The van der Waals surface area contributed by atoms with Crippen LogP contribution in [0.15, 0.2) is 24.3 Å². The molecule has 22 heteroatoms. The van der Waals surface area contributed by atoms with Gasteiger partial charge in [0.2, 0.25) is 11.8 Å². The molecular formula is C30H36B2N4Na2O14. The minimum absolute atomic E-state index is 0. The molecule has 4 heterocycles. The SMILES string of the molecule is NC(=O)CN1CC(Oc2ccc3c(c2C(=O)O)O[B-](O)(O)[C@@H]2C[C@H]32)C1.NC(=O)CN1CC(Oc2ccc3c(c2C(=O)O)O[B-](O)(O)[C@@H]2C[C@H]32)C1.[Na+].[Na+]. The van der Waals surface area contributed by atoms with E-state index in [1.807, 2.05) is 0 Å². The third-order valence-corrected chi connectivity index (χ3v) is 10.1. The van der Waals surface area contributed by atoms with Crippen molar-refractivity contribution in [2.24, 2.45) is 11.5 Å². The molecule has 4 atom stereocenters. The topological polar surface area (TPSA) is 285 Å². The Labute approximate surface area is 340 Å². The normalized spacial score (nSPS) is 25.6. The Hall–Kier alpha value is -2.59. The molecule has 2 aromatic rings. The molecule has 268 valence electrons. The maximum absolute atomic E-state index is 11.7. The predicted molar refractivity (Wildman–Crippen MR) is 171 cm³/mol. The number of hydrogen-bond acceptors (Lipinski definition) is 14. The monoisotopic (exact) mass is 744 g/mol. The molecule has 4 fully saturated rings. The number of carbonyl (C=O) groups excluding carboxylic acids is 2. The number of carboxylic acid groups (broad SMARTS) is 2. The van der Waals surface area contributed by atoms with Gasteiger partial charge < -0.3 is 60.6 Å². The molecule has 8 rings (SSSR count). The molecule has 0 spiro atoms. The molecule has 2 amide bonds. The molecule has 6 aliphatic rings. The molecule has 4 aliphatic heterocycles. The molecule has 0 aromatic heterocycles. The van der Waals surface area contributed by atoms with Gasteiger partial charge in [-0.05, 0) is 35.1 Å². The number of benzene rings is 2. The number of carbonyl (C=O) groups is 4. The van der Waals surface area contributed by atoms with Crippen molar-refractivity contribution in [1.82, 2.24) is 9.80 Å². The first kappa shape index (κ1) is 40.6. The summed E-state index contributed by atoms with van der Waals surface area (Å²) in [5.74, 6) is -4.17. The summed E-state index contributed by atoms with van der Waals surface area (Å²) in [6.45, 7) is -4.04. The Morgan fingerprint density at radius 2 is 1.02 bits per heavy atom. The Kier molecular flexibility index (Phi) is 11.6. The molecule has 2 saturated heterocycles. The molecule has 18 nitrogen and oxygen atoms in total. The number of ether oxygens (including phenoxy) is 2. The largest absolute Gasteiger partial charge is 1.00 e. The molecule has 0 bridgehead atoms. The molecule has 52 heavy (non-hydrogen) atoms. The fourth-order valence-electron chi connectivity index (χ4n) is 7.48. The van der Waals surface area contributed by atoms with Crippen LogP contribution in [0, 0.1) is 0 Å². The fourth-order valence-corrected chi connectivity index (χ4v) is 7.48. The van der Waals surface area contributed by atoms with E-state index in [0.717, 1.165) is 0 Å². The van der Waals surface area contributed by atoms with Crippen LogP contribution >= 0.6 is 0 Å². The number of aromatic carboxylic acids is 2. The smallest absolute Gasteiger partial charge is 0.669 e. The van der Waals surface area contributed by atoms with Crippen LogP contribution in [0.2, 0.25) is 11.6 Å². The molecular weight excluding hydrogens is 708 g/mol. The Balaban J connectivity index is 0.000000194. The van der Waals surface area contributed by atoms with E-state index < -0.39 is 37.3 Å². The number of primary amides is 2. The van der Waals surface area contributed by atoms with Crippen LogP contribution in [0.4, 0.5) is 0 Å². The van der Waals surface area contributed by atoms with Crippen molar-refractivity contribution in [3.63, 3.8) is 0 Å². The second-order valence-electron chi connectivity index (χ2n) is 13.9. The van der Waals surface area contributed by atoms with Crippen molar-refractivity contribution in [2.75, 3.05) is 39.3 Å². The second kappa shape index (κ2) is 14.9. The van der Waals surface area contributed by atoms with Crippen LogP contribution < -0.4 is 89.4 Å². The Morgan fingerprint density at radius 1 is 0.673 bits per heavy atom.